The van der Waals surface area contributed by atoms with Crippen LogP contribution in [0, 0.1) is 0 Å². The van der Waals surface area contributed by atoms with E-state index in [0.717, 1.165) is 6.42 Å². The summed E-state index contributed by atoms with van der Waals surface area (Å²) in [5.74, 6) is 0.542. The highest BCUT2D eigenvalue weighted by atomic mass is 35.5. The molecule has 16 heavy (non-hydrogen) atoms. The van der Waals surface area contributed by atoms with Crippen molar-refractivity contribution >= 4 is 17.5 Å². The second kappa shape index (κ2) is 6.43. The van der Waals surface area contributed by atoms with Crippen LogP contribution in [0.25, 0.3) is 0 Å². The average Bonchev–Trinajstić information content (AvgIpc) is 2.30. The highest BCUT2D eigenvalue weighted by molar-refractivity contribution is 6.17. The van der Waals surface area contributed by atoms with Gasteiger partial charge in [0.25, 0.3) is 5.91 Å². The Hall–Kier alpha value is -1.16. The first kappa shape index (κ1) is 12.9. The Balaban J connectivity index is 2.75. The fraction of sp³-hybridized carbons (Fsp3) is 0.545. The van der Waals surface area contributed by atoms with Crippen LogP contribution in [0.2, 0.25) is 0 Å². The van der Waals surface area contributed by atoms with Gasteiger partial charge in [-0.05, 0) is 26.3 Å². The molecule has 1 rings (SSSR count). The van der Waals surface area contributed by atoms with E-state index >= 15 is 0 Å². The summed E-state index contributed by atoms with van der Waals surface area (Å²) in [6, 6.07) is 1.83. The van der Waals surface area contributed by atoms with E-state index < -0.39 is 0 Å². The second-order valence-corrected chi connectivity index (χ2v) is 4.14. The molecular weight excluding hydrogens is 226 g/mol. The fourth-order valence-electron chi connectivity index (χ4n) is 1.41. The minimum Gasteiger partial charge on any atom is -0.336 e. The lowest BCUT2D eigenvalue weighted by Gasteiger charge is -2.26. The maximum absolute atomic E-state index is 12.1. The Morgan fingerprint density at radius 3 is 2.75 bits per heavy atom. The van der Waals surface area contributed by atoms with Crippen LogP contribution < -0.4 is 0 Å². The lowest BCUT2D eigenvalue weighted by molar-refractivity contribution is 0.0706. The number of rotatable bonds is 5. The molecule has 0 aromatic carbocycles. The third-order valence-corrected chi connectivity index (χ3v) is 2.52. The molecule has 4 nitrogen and oxygen atoms in total. The van der Waals surface area contributed by atoms with Crippen molar-refractivity contribution in [1.82, 2.24) is 15.1 Å². The lowest BCUT2D eigenvalue weighted by Crippen LogP contribution is -2.38. The van der Waals surface area contributed by atoms with Gasteiger partial charge in [-0.1, -0.05) is 0 Å². The van der Waals surface area contributed by atoms with Crippen molar-refractivity contribution in [3.63, 3.8) is 0 Å². The standard InChI is InChI=1S/C11H16ClN3O/c1-9(2)15(7-3-5-12)11(16)10-4-6-13-14-8-10/h4,6,8-9H,3,5,7H2,1-2H3. The Morgan fingerprint density at radius 1 is 1.50 bits per heavy atom. The Labute approximate surface area is 101 Å². The Morgan fingerprint density at radius 2 is 2.25 bits per heavy atom. The van der Waals surface area contributed by atoms with Gasteiger partial charge < -0.3 is 4.90 Å². The van der Waals surface area contributed by atoms with Gasteiger partial charge in [0.05, 0.1) is 18.0 Å². The number of carbonyl (C=O) groups excluding carboxylic acids is 1. The number of amides is 1. The smallest absolute Gasteiger partial charge is 0.255 e. The summed E-state index contributed by atoms with van der Waals surface area (Å²) in [4.78, 5) is 13.9. The van der Waals surface area contributed by atoms with Crippen molar-refractivity contribution in [2.75, 3.05) is 12.4 Å². The quantitative estimate of drug-likeness (QED) is 0.741. The summed E-state index contributed by atoms with van der Waals surface area (Å²) >= 11 is 5.64. The third-order valence-electron chi connectivity index (χ3n) is 2.25. The summed E-state index contributed by atoms with van der Waals surface area (Å²) < 4.78 is 0. The first-order valence-corrected chi connectivity index (χ1v) is 5.84. The molecule has 0 radical (unpaired) electrons. The highest BCUT2D eigenvalue weighted by Crippen LogP contribution is 2.08. The first-order chi connectivity index (χ1) is 7.66. The Kier molecular flexibility index (Phi) is 5.19. The van der Waals surface area contributed by atoms with E-state index in [0.29, 0.717) is 18.0 Å². The molecule has 0 saturated heterocycles. The average molecular weight is 242 g/mol. The molecule has 1 heterocycles. The van der Waals surface area contributed by atoms with E-state index in [2.05, 4.69) is 10.2 Å². The van der Waals surface area contributed by atoms with Gasteiger partial charge in [-0.2, -0.15) is 10.2 Å². The van der Waals surface area contributed by atoms with Crippen LogP contribution in [0.4, 0.5) is 0 Å². The summed E-state index contributed by atoms with van der Waals surface area (Å²) in [5.41, 5.74) is 0.568. The van der Waals surface area contributed by atoms with Crippen LogP contribution >= 0.6 is 11.6 Å². The topological polar surface area (TPSA) is 46.1 Å². The van der Waals surface area contributed by atoms with E-state index in [1.54, 1.807) is 11.0 Å². The molecule has 0 fully saturated rings. The zero-order valence-electron chi connectivity index (χ0n) is 9.56. The molecule has 0 aliphatic heterocycles. The van der Waals surface area contributed by atoms with Gasteiger partial charge in [0.2, 0.25) is 0 Å². The summed E-state index contributed by atoms with van der Waals surface area (Å²) in [6.07, 6.45) is 3.80. The highest BCUT2D eigenvalue weighted by Gasteiger charge is 2.18. The normalized spacial score (nSPS) is 10.5. The van der Waals surface area contributed by atoms with Gasteiger partial charge in [-0.15, -0.1) is 11.6 Å². The first-order valence-electron chi connectivity index (χ1n) is 5.30. The van der Waals surface area contributed by atoms with Crippen molar-refractivity contribution in [2.45, 2.75) is 26.3 Å². The zero-order valence-corrected chi connectivity index (χ0v) is 10.3. The van der Waals surface area contributed by atoms with Crippen LogP contribution in [-0.2, 0) is 0 Å². The molecule has 0 saturated carbocycles. The SMILES string of the molecule is CC(C)N(CCCCl)C(=O)c1ccnnc1. The summed E-state index contributed by atoms with van der Waals surface area (Å²) in [5, 5.41) is 7.36. The monoisotopic (exact) mass is 241 g/mol. The van der Waals surface area contributed by atoms with Gasteiger partial charge in [-0.25, -0.2) is 0 Å². The molecule has 1 aromatic heterocycles. The van der Waals surface area contributed by atoms with Crippen molar-refractivity contribution in [3.8, 4) is 0 Å². The largest absolute Gasteiger partial charge is 0.336 e. The zero-order chi connectivity index (χ0) is 12.0. The fourth-order valence-corrected chi connectivity index (χ4v) is 1.53. The number of aromatic nitrogens is 2. The van der Waals surface area contributed by atoms with E-state index in [4.69, 9.17) is 11.6 Å². The van der Waals surface area contributed by atoms with E-state index in [1.807, 2.05) is 13.8 Å². The molecule has 5 heteroatoms. The van der Waals surface area contributed by atoms with Gasteiger partial charge in [0, 0.05) is 18.5 Å². The van der Waals surface area contributed by atoms with Crippen LogP contribution in [0.15, 0.2) is 18.5 Å². The number of halogens is 1. The van der Waals surface area contributed by atoms with Gasteiger partial charge in [0.15, 0.2) is 0 Å². The molecule has 88 valence electrons. The third kappa shape index (κ3) is 3.45. The maximum atomic E-state index is 12.1. The van der Waals surface area contributed by atoms with Crippen molar-refractivity contribution in [2.24, 2.45) is 0 Å². The number of nitrogens with zero attached hydrogens (tertiary/aromatic N) is 3. The van der Waals surface area contributed by atoms with Crippen molar-refractivity contribution in [1.29, 1.82) is 0 Å². The van der Waals surface area contributed by atoms with E-state index in [9.17, 15) is 4.79 Å². The minimum atomic E-state index is -0.0185. The van der Waals surface area contributed by atoms with E-state index in [1.165, 1.54) is 12.4 Å². The predicted molar refractivity (Wildman–Crippen MR) is 63.5 cm³/mol. The molecule has 0 aliphatic carbocycles. The molecule has 1 aromatic rings. The molecule has 0 spiro atoms. The summed E-state index contributed by atoms with van der Waals surface area (Å²) in [7, 11) is 0. The number of hydrogen-bond acceptors (Lipinski definition) is 3. The predicted octanol–water partition coefficient (Wildman–Crippen LogP) is 1.96. The van der Waals surface area contributed by atoms with E-state index in [-0.39, 0.29) is 11.9 Å². The number of carbonyl (C=O) groups is 1. The van der Waals surface area contributed by atoms with Crippen molar-refractivity contribution < 1.29 is 4.79 Å². The number of hydrogen-bond donors (Lipinski definition) is 0. The van der Waals surface area contributed by atoms with Gasteiger partial charge in [0.1, 0.15) is 0 Å². The van der Waals surface area contributed by atoms with Crippen LogP contribution in [0.3, 0.4) is 0 Å². The molecule has 0 atom stereocenters. The van der Waals surface area contributed by atoms with Gasteiger partial charge >= 0.3 is 0 Å². The molecule has 0 bridgehead atoms. The molecule has 0 unspecified atom stereocenters. The maximum Gasteiger partial charge on any atom is 0.255 e. The van der Waals surface area contributed by atoms with Gasteiger partial charge in [-0.3, -0.25) is 4.79 Å². The lowest BCUT2D eigenvalue weighted by atomic mass is 10.2. The molecule has 1 amide bonds. The second-order valence-electron chi connectivity index (χ2n) is 3.77. The molecular formula is C11H16ClN3O. The van der Waals surface area contributed by atoms with Crippen molar-refractivity contribution in [3.05, 3.63) is 24.0 Å². The number of alkyl halides is 1. The summed E-state index contributed by atoms with van der Waals surface area (Å²) in [6.45, 7) is 4.64. The van der Waals surface area contributed by atoms with Crippen LogP contribution in [-0.4, -0.2) is 39.5 Å². The molecule has 0 aliphatic rings. The van der Waals surface area contributed by atoms with Crippen LogP contribution in [0.1, 0.15) is 30.6 Å². The minimum absolute atomic E-state index is 0.0185. The van der Waals surface area contributed by atoms with Crippen LogP contribution in [0.5, 0.6) is 0 Å². The molecule has 0 N–H and O–H groups in total. The Bertz CT molecular complexity index is 329.